The Bertz CT molecular complexity index is 324. The molecule has 3 N–H and O–H groups in total. The van der Waals surface area contributed by atoms with E-state index in [-0.39, 0.29) is 6.10 Å². The molecule has 0 aromatic rings. The number of carboxylic acid groups (broad SMARTS) is 1. The van der Waals surface area contributed by atoms with E-state index in [4.69, 9.17) is 15.6 Å². The lowest BCUT2D eigenvalue weighted by Gasteiger charge is -2.36. The molecule has 0 aromatic heterocycles. The third-order valence-corrected chi connectivity index (χ3v) is 5.04. The van der Waals surface area contributed by atoms with E-state index in [2.05, 4.69) is 18.7 Å². The standard InChI is InChI=1S/C14H28N2O3S/c1-10(2)7-16-5-6-19-11(8-16)9-20-14(3,4)12(15)13(17)18/h10-12H,5-9,15H2,1-4H3,(H,17,18)/t11?,12-/m1/s1. The zero-order valence-corrected chi connectivity index (χ0v) is 13.8. The molecular formula is C14H28N2O3S. The van der Waals surface area contributed by atoms with Crippen molar-refractivity contribution in [3.63, 3.8) is 0 Å². The van der Waals surface area contributed by atoms with E-state index in [1.54, 1.807) is 11.8 Å². The van der Waals surface area contributed by atoms with Crippen LogP contribution in [0.5, 0.6) is 0 Å². The van der Waals surface area contributed by atoms with Gasteiger partial charge in [-0.25, -0.2) is 0 Å². The zero-order chi connectivity index (χ0) is 15.3. The van der Waals surface area contributed by atoms with Gasteiger partial charge < -0.3 is 15.6 Å². The van der Waals surface area contributed by atoms with E-state index in [0.29, 0.717) is 5.92 Å². The first-order valence-electron chi connectivity index (χ1n) is 7.18. The Morgan fingerprint density at radius 1 is 1.55 bits per heavy atom. The van der Waals surface area contributed by atoms with Crippen molar-refractivity contribution >= 4 is 17.7 Å². The second kappa shape index (κ2) is 7.64. The van der Waals surface area contributed by atoms with Crippen molar-refractivity contribution in [1.29, 1.82) is 0 Å². The van der Waals surface area contributed by atoms with Gasteiger partial charge >= 0.3 is 5.97 Å². The largest absolute Gasteiger partial charge is 0.480 e. The van der Waals surface area contributed by atoms with Gasteiger partial charge in [0, 0.05) is 30.1 Å². The summed E-state index contributed by atoms with van der Waals surface area (Å²) in [6, 6.07) is -0.858. The summed E-state index contributed by atoms with van der Waals surface area (Å²) in [7, 11) is 0. The number of ether oxygens (including phenoxy) is 1. The predicted octanol–water partition coefficient (Wildman–Crippen LogP) is 1.27. The van der Waals surface area contributed by atoms with E-state index < -0.39 is 16.8 Å². The maximum Gasteiger partial charge on any atom is 0.321 e. The third kappa shape index (κ3) is 5.60. The highest BCUT2D eigenvalue weighted by molar-refractivity contribution is 8.00. The molecule has 1 aliphatic heterocycles. The fourth-order valence-electron chi connectivity index (χ4n) is 2.26. The van der Waals surface area contributed by atoms with Crippen LogP contribution in [0.1, 0.15) is 27.7 Å². The Morgan fingerprint density at radius 3 is 2.75 bits per heavy atom. The number of thioether (sulfide) groups is 1. The molecule has 1 saturated heterocycles. The van der Waals surface area contributed by atoms with Crippen LogP contribution in [0, 0.1) is 5.92 Å². The first-order valence-corrected chi connectivity index (χ1v) is 8.17. The highest BCUT2D eigenvalue weighted by Crippen LogP contribution is 2.29. The molecule has 0 bridgehead atoms. The van der Waals surface area contributed by atoms with Gasteiger partial charge in [-0.1, -0.05) is 13.8 Å². The van der Waals surface area contributed by atoms with E-state index in [0.717, 1.165) is 32.0 Å². The molecule has 0 spiro atoms. The summed E-state index contributed by atoms with van der Waals surface area (Å²) in [5.41, 5.74) is 5.73. The lowest BCUT2D eigenvalue weighted by atomic mass is 10.1. The molecule has 118 valence electrons. The maximum atomic E-state index is 11.0. The summed E-state index contributed by atoms with van der Waals surface area (Å²) in [5, 5.41) is 9.02. The molecule has 1 rings (SSSR count). The van der Waals surface area contributed by atoms with Gasteiger partial charge in [-0.15, -0.1) is 0 Å². The monoisotopic (exact) mass is 304 g/mol. The number of morpholine rings is 1. The normalized spacial score (nSPS) is 23.0. The minimum atomic E-state index is -0.950. The van der Waals surface area contributed by atoms with Crippen molar-refractivity contribution in [3.05, 3.63) is 0 Å². The zero-order valence-electron chi connectivity index (χ0n) is 13.0. The Morgan fingerprint density at radius 2 is 2.20 bits per heavy atom. The average molecular weight is 304 g/mol. The topological polar surface area (TPSA) is 75.8 Å². The second-order valence-corrected chi connectivity index (χ2v) is 8.05. The quantitative estimate of drug-likeness (QED) is 0.737. The Kier molecular flexibility index (Phi) is 6.78. The SMILES string of the molecule is CC(C)CN1CCOC(CSC(C)(C)[C@H](N)C(=O)O)C1. The van der Waals surface area contributed by atoms with Crippen molar-refractivity contribution in [2.24, 2.45) is 11.7 Å². The highest BCUT2D eigenvalue weighted by Gasteiger charge is 2.34. The summed E-state index contributed by atoms with van der Waals surface area (Å²) in [4.78, 5) is 13.4. The second-order valence-electron chi connectivity index (χ2n) is 6.38. The molecule has 0 saturated carbocycles. The van der Waals surface area contributed by atoms with Crippen molar-refractivity contribution in [1.82, 2.24) is 4.90 Å². The minimum Gasteiger partial charge on any atom is -0.480 e. The summed E-state index contributed by atoms with van der Waals surface area (Å²) >= 11 is 1.59. The van der Waals surface area contributed by atoms with Crippen LogP contribution in [-0.4, -0.2) is 64.9 Å². The van der Waals surface area contributed by atoms with Crippen LogP contribution in [0.2, 0.25) is 0 Å². The fraction of sp³-hybridized carbons (Fsp3) is 0.929. The van der Waals surface area contributed by atoms with E-state index in [1.807, 2.05) is 13.8 Å². The molecule has 2 atom stereocenters. The first-order chi connectivity index (χ1) is 9.22. The lowest BCUT2D eigenvalue weighted by Crippen LogP contribution is -2.49. The van der Waals surface area contributed by atoms with E-state index in [1.165, 1.54) is 0 Å². The van der Waals surface area contributed by atoms with Gasteiger partial charge in [-0.3, -0.25) is 9.69 Å². The highest BCUT2D eigenvalue weighted by atomic mass is 32.2. The van der Waals surface area contributed by atoms with Crippen LogP contribution in [0.15, 0.2) is 0 Å². The van der Waals surface area contributed by atoms with Crippen LogP contribution in [0.4, 0.5) is 0 Å². The van der Waals surface area contributed by atoms with Crippen molar-refractivity contribution in [2.45, 2.75) is 44.6 Å². The van der Waals surface area contributed by atoms with E-state index >= 15 is 0 Å². The molecule has 1 unspecified atom stereocenters. The van der Waals surface area contributed by atoms with Gasteiger partial charge in [0.15, 0.2) is 0 Å². The molecule has 0 amide bonds. The molecular weight excluding hydrogens is 276 g/mol. The summed E-state index contributed by atoms with van der Waals surface area (Å²) < 4.78 is 5.28. The number of rotatable bonds is 7. The van der Waals surface area contributed by atoms with Crippen LogP contribution in [0.25, 0.3) is 0 Å². The van der Waals surface area contributed by atoms with Crippen molar-refractivity contribution < 1.29 is 14.6 Å². The molecule has 1 heterocycles. The Labute approximate surface area is 126 Å². The fourth-order valence-corrected chi connectivity index (χ4v) is 3.36. The lowest BCUT2D eigenvalue weighted by molar-refractivity contribution is -0.139. The summed E-state index contributed by atoms with van der Waals surface area (Å²) in [6.45, 7) is 11.9. The summed E-state index contributed by atoms with van der Waals surface area (Å²) in [6.07, 6.45) is 0.160. The minimum absolute atomic E-state index is 0.160. The van der Waals surface area contributed by atoms with Gasteiger partial charge in [0.25, 0.3) is 0 Å². The Hall–Kier alpha value is -0.300. The van der Waals surface area contributed by atoms with Crippen molar-refractivity contribution in [3.8, 4) is 0 Å². The van der Waals surface area contributed by atoms with Crippen LogP contribution < -0.4 is 5.73 Å². The smallest absolute Gasteiger partial charge is 0.321 e. The number of nitrogens with two attached hydrogens (primary N) is 1. The number of aliphatic carboxylic acids is 1. The van der Waals surface area contributed by atoms with Crippen molar-refractivity contribution in [2.75, 3.05) is 32.0 Å². The van der Waals surface area contributed by atoms with Gasteiger partial charge in [0.05, 0.1) is 12.7 Å². The average Bonchev–Trinajstić information content (AvgIpc) is 2.35. The van der Waals surface area contributed by atoms with Gasteiger partial charge in [-0.05, 0) is 19.8 Å². The van der Waals surface area contributed by atoms with Crippen LogP contribution in [-0.2, 0) is 9.53 Å². The van der Waals surface area contributed by atoms with E-state index in [9.17, 15) is 4.79 Å². The van der Waals surface area contributed by atoms with Gasteiger partial charge in [0.2, 0.25) is 0 Å². The number of hydrogen-bond acceptors (Lipinski definition) is 5. The molecule has 0 aliphatic carbocycles. The third-order valence-electron chi connectivity index (χ3n) is 3.50. The van der Waals surface area contributed by atoms with Crippen LogP contribution in [0.3, 0.4) is 0 Å². The summed E-state index contributed by atoms with van der Waals surface area (Å²) in [5.74, 6) is 0.481. The number of hydrogen-bond donors (Lipinski definition) is 2. The van der Waals surface area contributed by atoms with Crippen LogP contribution >= 0.6 is 11.8 Å². The molecule has 1 fully saturated rings. The first kappa shape index (κ1) is 17.8. The predicted molar refractivity (Wildman–Crippen MR) is 83.2 cm³/mol. The number of nitrogens with zero attached hydrogens (tertiary/aromatic N) is 1. The molecule has 0 aromatic carbocycles. The molecule has 6 heteroatoms. The van der Waals surface area contributed by atoms with Gasteiger partial charge in [0.1, 0.15) is 6.04 Å². The number of carboxylic acids is 1. The molecule has 1 aliphatic rings. The number of carbonyl (C=O) groups is 1. The van der Waals surface area contributed by atoms with Gasteiger partial charge in [-0.2, -0.15) is 11.8 Å². The Balaban J connectivity index is 2.42. The molecule has 0 radical (unpaired) electrons. The molecule has 5 nitrogen and oxygen atoms in total. The molecule has 20 heavy (non-hydrogen) atoms. The maximum absolute atomic E-state index is 11.0.